The highest BCUT2D eigenvalue weighted by atomic mass is 16.5. The van der Waals surface area contributed by atoms with Gasteiger partial charge in [-0.1, -0.05) is 52.0 Å². The van der Waals surface area contributed by atoms with Gasteiger partial charge in [-0.05, 0) is 92.6 Å². The third-order valence-corrected chi connectivity index (χ3v) is 15.5. The van der Waals surface area contributed by atoms with E-state index in [0.29, 0.717) is 65.7 Å². The van der Waals surface area contributed by atoms with Crippen LogP contribution in [0.4, 0.5) is 9.59 Å². The van der Waals surface area contributed by atoms with Crippen molar-refractivity contribution in [3.8, 4) is 11.3 Å². The number of nitrogens with one attached hydrogen (secondary N) is 4. The van der Waals surface area contributed by atoms with Crippen molar-refractivity contribution in [3.63, 3.8) is 0 Å². The minimum Gasteiger partial charge on any atom is -0.378 e. The van der Waals surface area contributed by atoms with Crippen LogP contribution in [0.3, 0.4) is 0 Å². The maximum absolute atomic E-state index is 14.1. The van der Waals surface area contributed by atoms with E-state index in [0.717, 1.165) is 87.1 Å². The average molecular weight is 881 g/mol. The Kier molecular flexibility index (Phi) is 12.8. The zero-order valence-corrected chi connectivity index (χ0v) is 38.2. The molecule has 1 aromatic carbocycles. The molecule has 3 saturated carbocycles. The number of urea groups is 2. The Hall–Kier alpha value is -4.96. The molecule has 7 aliphatic rings. The molecule has 4 aliphatic heterocycles. The topological polar surface area (TPSA) is 181 Å². The standard InChI is InChI=1S/C48H68N10O6/c1-31(2)39(53-45(61)55-21-25-63-26-22-55)43(59)57-19-5-7-36(57)41-49-29-35(51-41)33-9-11-34(12-10-33)47-13-16-48(17-14-47,18-15-47)38-30-50-42(52-38)37-8-6-20-58(37)44(60)40(32(3)4)54-46(62)56-23-27-64-28-24-56/h9-12,29-32,36-37,39-40H,5-8,13-28H2,1-4H3,(H,49,51)(H,50,52)(H,53,61)(H,54,62). The fourth-order valence-corrected chi connectivity index (χ4v) is 11.4. The highest BCUT2D eigenvalue weighted by molar-refractivity contribution is 5.88. The predicted molar refractivity (Wildman–Crippen MR) is 240 cm³/mol. The highest BCUT2D eigenvalue weighted by Crippen LogP contribution is 2.58. The number of morpholine rings is 2. The Bertz CT molecular complexity index is 2110. The number of likely N-dealkylation sites (tertiary alicyclic amines) is 2. The minimum absolute atomic E-state index is 0.0373. The van der Waals surface area contributed by atoms with Gasteiger partial charge in [0.15, 0.2) is 0 Å². The van der Waals surface area contributed by atoms with Gasteiger partial charge >= 0.3 is 12.1 Å². The number of benzene rings is 1. The van der Waals surface area contributed by atoms with Gasteiger partial charge in [0, 0.05) is 56.6 Å². The zero-order valence-electron chi connectivity index (χ0n) is 38.2. The van der Waals surface area contributed by atoms with Crippen LogP contribution in [0.1, 0.15) is 127 Å². The summed E-state index contributed by atoms with van der Waals surface area (Å²) >= 11 is 0. The third-order valence-electron chi connectivity index (χ3n) is 15.5. The Morgan fingerprint density at radius 1 is 0.625 bits per heavy atom. The van der Waals surface area contributed by atoms with E-state index >= 15 is 0 Å². The number of carbonyl (C=O) groups excluding carboxylic acids is 4. The summed E-state index contributed by atoms with van der Waals surface area (Å²) in [5.41, 5.74) is 4.78. The van der Waals surface area contributed by atoms with E-state index in [1.165, 1.54) is 11.3 Å². The smallest absolute Gasteiger partial charge is 0.318 e. The number of imidazole rings is 2. The highest BCUT2D eigenvalue weighted by Gasteiger charge is 2.51. The molecule has 6 heterocycles. The van der Waals surface area contributed by atoms with Gasteiger partial charge in [-0.25, -0.2) is 19.6 Å². The second kappa shape index (κ2) is 18.5. The van der Waals surface area contributed by atoms with Gasteiger partial charge in [-0.2, -0.15) is 0 Å². The summed E-state index contributed by atoms with van der Waals surface area (Å²) in [5.74, 6) is 1.42. The summed E-state index contributed by atoms with van der Waals surface area (Å²) < 4.78 is 10.8. The lowest BCUT2D eigenvalue weighted by atomic mass is 9.51. The minimum atomic E-state index is -0.620. The Labute approximate surface area is 377 Å². The van der Waals surface area contributed by atoms with Gasteiger partial charge in [0.05, 0.1) is 50.4 Å². The average Bonchev–Trinajstić information content (AvgIpc) is 4.18. The number of aromatic nitrogens is 4. The number of ether oxygens (including phenoxy) is 2. The molecule has 2 bridgehead atoms. The molecule has 6 amide bonds. The van der Waals surface area contributed by atoms with Crippen molar-refractivity contribution in [2.75, 3.05) is 65.7 Å². The van der Waals surface area contributed by atoms with E-state index in [4.69, 9.17) is 19.4 Å². The first-order valence-electron chi connectivity index (χ1n) is 24.0. The maximum Gasteiger partial charge on any atom is 0.318 e. The maximum atomic E-state index is 14.1. The molecule has 4 unspecified atom stereocenters. The molecular weight excluding hydrogens is 813 g/mol. The fourth-order valence-electron chi connectivity index (χ4n) is 11.4. The van der Waals surface area contributed by atoms with Gasteiger partial charge in [-0.3, -0.25) is 9.59 Å². The van der Waals surface area contributed by atoms with Crippen LogP contribution in [0.2, 0.25) is 0 Å². The second-order valence-corrected chi connectivity index (χ2v) is 19.9. The Morgan fingerprint density at radius 2 is 1.08 bits per heavy atom. The summed E-state index contributed by atoms with van der Waals surface area (Å²) in [4.78, 5) is 78.7. The summed E-state index contributed by atoms with van der Waals surface area (Å²) in [6.45, 7) is 13.4. The molecule has 10 rings (SSSR count). The quantitative estimate of drug-likeness (QED) is 0.187. The monoisotopic (exact) mass is 881 g/mol. The van der Waals surface area contributed by atoms with Gasteiger partial charge in [-0.15, -0.1) is 0 Å². The molecule has 16 nitrogen and oxygen atoms in total. The van der Waals surface area contributed by atoms with Crippen LogP contribution in [-0.4, -0.2) is 141 Å². The molecule has 346 valence electrons. The second-order valence-electron chi connectivity index (χ2n) is 19.9. The largest absolute Gasteiger partial charge is 0.378 e. The van der Waals surface area contributed by atoms with Crippen molar-refractivity contribution in [2.24, 2.45) is 11.8 Å². The molecule has 4 atom stereocenters. The van der Waals surface area contributed by atoms with Crippen LogP contribution >= 0.6 is 0 Å². The summed E-state index contributed by atoms with van der Waals surface area (Å²) in [7, 11) is 0. The van der Waals surface area contributed by atoms with E-state index in [1.54, 1.807) is 9.80 Å². The molecule has 0 radical (unpaired) electrons. The van der Waals surface area contributed by atoms with E-state index in [9.17, 15) is 19.2 Å². The van der Waals surface area contributed by atoms with Crippen LogP contribution in [0.5, 0.6) is 0 Å². The van der Waals surface area contributed by atoms with Gasteiger partial charge < -0.3 is 49.7 Å². The van der Waals surface area contributed by atoms with Crippen molar-refractivity contribution in [1.29, 1.82) is 0 Å². The van der Waals surface area contributed by atoms with E-state index < -0.39 is 12.1 Å². The Balaban J connectivity index is 0.818. The number of nitrogens with zero attached hydrogens (tertiary/aromatic N) is 6. The number of hydrogen-bond acceptors (Lipinski definition) is 8. The first-order valence-corrected chi connectivity index (χ1v) is 24.0. The van der Waals surface area contributed by atoms with Gasteiger partial charge in [0.2, 0.25) is 11.8 Å². The number of hydrogen-bond donors (Lipinski definition) is 4. The lowest BCUT2D eigenvalue weighted by molar-refractivity contribution is -0.136. The van der Waals surface area contributed by atoms with Crippen LogP contribution in [0.15, 0.2) is 36.7 Å². The molecule has 64 heavy (non-hydrogen) atoms. The van der Waals surface area contributed by atoms with Crippen molar-refractivity contribution in [1.82, 2.24) is 50.2 Å². The first kappa shape index (κ1) is 44.3. The molecule has 3 aromatic rings. The predicted octanol–water partition coefficient (Wildman–Crippen LogP) is 5.80. The van der Waals surface area contributed by atoms with Crippen LogP contribution in [0, 0.1) is 11.8 Å². The van der Waals surface area contributed by atoms with Gasteiger partial charge in [0.25, 0.3) is 0 Å². The van der Waals surface area contributed by atoms with Crippen molar-refractivity contribution in [3.05, 3.63) is 59.6 Å². The number of aromatic amines is 2. The number of carbonyl (C=O) groups is 4. The molecule has 7 fully saturated rings. The number of rotatable bonds is 11. The number of amides is 6. The third kappa shape index (κ3) is 8.63. The molecule has 4 N–H and O–H groups in total. The number of H-pyrrole nitrogens is 2. The van der Waals surface area contributed by atoms with Crippen LogP contribution in [0.25, 0.3) is 11.3 Å². The lowest BCUT2D eigenvalue weighted by Crippen LogP contribution is -2.55. The van der Waals surface area contributed by atoms with Crippen LogP contribution in [-0.2, 0) is 29.9 Å². The molecule has 16 heteroatoms. The van der Waals surface area contributed by atoms with E-state index in [2.05, 4.69) is 44.9 Å². The summed E-state index contributed by atoms with van der Waals surface area (Å²) in [6, 6.07) is 7.07. The molecule has 2 aromatic heterocycles. The SMILES string of the molecule is CC(C)C(NC(=O)N1CCOCC1)C(=O)N1CCCC1c1ncc(-c2ccc(C34CCC(c5cnc(C6CCCN6C(=O)C(NC(=O)N6CCOCC6)C(C)C)[nH]5)(CC3)CC4)cc2)[nH]1. The zero-order chi connectivity index (χ0) is 44.6. The van der Waals surface area contributed by atoms with Crippen molar-refractivity contribution < 1.29 is 28.7 Å². The van der Waals surface area contributed by atoms with E-state index in [-0.39, 0.29) is 58.6 Å². The van der Waals surface area contributed by atoms with Crippen LogP contribution < -0.4 is 10.6 Å². The Morgan fingerprint density at radius 3 is 1.56 bits per heavy atom. The van der Waals surface area contributed by atoms with E-state index in [1.807, 2.05) is 49.9 Å². The molecule has 0 spiro atoms. The van der Waals surface area contributed by atoms with Crippen molar-refractivity contribution >= 4 is 23.9 Å². The summed E-state index contributed by atoms with van der Waals surface area (Å²) in [6.07, 6.45) is 13.9. The first-order chi connectivity index (χ1) is 30.9. The molecule has 4 saturated heterocycles. The van der Waals surface area contributed by atoms with Gasteiger partial charge in [0.1, 0.15) is 23.7 Å². The molecule has 3 aliphatic carbocycles. The van der Waals surface area contributed by atoms with Crippen molar-refractivity contribution in [2.45, 2.75) is 127 Å². The normalized spacial score (nSPS) is 27.0. The molecular formula is C48H68N10O6. The summed E-state index contributed by atoms with van der Waals surface area (Å²) in [5, 5.41) is 6.09. The fraction of sp³-hybridized carbons (Fsp3) is 0.667. The number of fused-ring (bicyclic) bond motifs is 3. The lowest BCUT2D eigenvalue weighted by Gasteiger charge is -2.53.